The Labute approximate surface area is 121 Å². The van der Waals surface area contributed by atoms with Crippen molar-refractivity contribution in [2.45, 2.75) is 45.4 Å². The van der Waals surface area contributed by atoms with E-state index in [1.165, 1.54) is 0 Å². The molecule has 0 unspecified atom stereocenters. The van der Waals surface area contributed by atoms with Crippen molar-refractivity contribution in [3.63, 3.8) is 0 Å². The minimum atomic E-state index is -0.481. The molecule has 0 atom stereocenters. The first-order valence-corrected chi connectivity index (χ1v) is 5.67. The summed E-state index contributed by atoms with van der Waals surface area (Å²) in [6.07, 6.45) is 0.722. The fraction of sp³-hybridized carbons (Fsp3) is 0.909. The van der Waals surface area contributed by atoms with Crippen LogP contribution in [0.15, 0.2) is 4.99 Å². The average molecular weight is 357 g/mol. The van der Waals surface area contributed by atoms with Crippen molar-refractivity contribution < 1.29 is 9.47 Å². The molecule has 0 saturated carbocycles. The minimum absolute atomic E-state index is 0. The van der Waals surface area contributed by atoms with Crippen molar-refractivity contribution in [3.05, 3.63) is 0 Å². The zero-order valence-electron chi connectivity index (χ0n) is 11.1. The van der Waals surface area contributed by atoms with E-state index < -0.39 is 5.79 Å². The highest BCUT2D eigenvalue weighted by Crippen LogP contribution is 2.22. The first-order valence-electron chi connectivity index (χ1n) is 5.67. The second kappa shape index (κ2) is 6.75. The van der Waals surface area contributed by atoms with E-state index >= 15 is 0 Å². The number of nitrogens with one attached hydrogen (secondary N) is 1. The first kappa shape index (κ1) is 16.9. The van der Waals surface area contributed by atoms with Crippen LogP contribution in [0.3, 0.4) is 0 Å². The Bertz CT molecular complexity index is 258. The van der Waals surface area contributed by atoms with Gasteiger partial charge in [-0.3, -0.25) is 4.99 Å². The van der Waals surface area contributed by atoms with E-state index in [2.05, 4.69) is 10.3 Å². The summed E-state index contributed by atoms with van der Waals surface area (Å²) in [6, 6.07) is 0. The predicted molar refractivity (Wildman–Crippen MR) is 79.7 cm³/mol. The van der Waals surface area contributed by atoms with Gasteiger partial charge < -0.3 is 20.5 Å². The number of halogens is 1. The van der Waals surface area contributed by atoms with Gasteiger partial charge in [-0.15, -0.1) is 24.0 Å². The second-order valence-corrected chi connectivity index (χ2v) is 5.22. The summed E-state index contributed by atoms with van der Waals surface area (Å²) in [5, 5.41) is 3.10. The molecule has 1 aliphatic heterocycles. The average Bonchev–Trinajstić information content (AvgIpc) is 2.49. The number of ether oxygens (including phenoxy) is 2. The molecule has 1 heterocycles. The fourth-order valence-corrected chi connectivity index (χ4v) is 1.50. The lowest BCUT2D eigenvalue weighted by Crippen LogP contribution is -2.45. The van der Waals surface area contributed by atoms with Gasteiger partial charge in [-0.05, 0) is 27.7 Å². The molecule has 0 radical (unpaired) electrons. The Balaban J connectivity index is 0.00000256. The van der Waals surface area contributed by atoms with Gasteiger partial charge in [-0.25, -0.2) is 0 Å². The van der Waals surface area contributed by atoms with Crippen molar-refractivity contribution in [1.29, 1.82) is 0 Å². The maximum atomic E-state index is 5.74. The van der Waals surface area contributed by atoms with Crippen molar-refractivity contribution in [2.24, 2.45) is 10.7 Å². The quantitative estimate of drug-likeness (QED) is 0.456. The number of guanidine groups is 1. The molecule has 0 bridgehead atoms. The Morgan fingerprint density at radius 1 is 1.35 bits per heavy atom. The van der Waals surface area contributed by atoms with Crippen LogP contribution in [0.2, 0.25) is 0 Å². The number of hydrogen-bond donors (Lipinski definition) is 2. The Morgan fingerprint density at radius 3 is 2.35 bits per heavy atom. The number of nitrogens with two attached hydrogens (primary N) is 1. The van der Waals surface area contributed by atoms with Gasteiger partial charge in [0.2, 0.25) is 0 Å². The highest BCUT2D eigenvalue weighted by molar-refractivity contribution is 14.0. The largest absolute Gasteiger partial charge is 0.370 e. The summed E-state index contributed by atoms with van der Waals surface area (Å²) in [6.45, 7) is 9.99. The van der Waals surface area contributed by atoms with Crippen LogP contribution in [0.1, 0.15) is 34.1 Å². The Morgan fingerprint density at radius 2 is 1.88 bits per heavy atom. The van der Waals surface area contributed by atoms with Gasteiger partial charge in [0.1, 0.15) is 0 Å². The SMILES string of the molecule is CC(C)(C)NC(N)=NCCC1(C)OCCO1.I. The van der Waals surface area contributed by atoms with E-state index in [0.29, 0.717) is 25.7 Å². The van der Waals surface area contributed by atoms with Crippen LogP contribution in [0.25, 0.3) is 0 Å². The number of nitrogens with zero attached hydrogens (tertiary/aromatic N) is 1. The van der Waals surface area contributed by atoms with Gasteiger partial charge >= 0.3 is 0 Å². The smallest absolute Gasteiger partial charge is 0.188 e. The molecule has 0 aromatic rings. The van der Waals surface area contributed by atoms with Crippen molar-refractivity contribution in [1.82, 2.24) is 5.32 Å². The van der Waals surface area contributed by atoms with E-state index in [1.807, 2.05) is 27.7 Å². The van der Waals surface area contributed by atoms with E-state index in [4.69, 9.17) is 15.2 Å². The third-order valence-electron chi connectivity index (χ3n) is 2.25. The van der Waals surface area contributed by atoms with Crippen LogP contribution in [0.4, 0.5) is 0 Å². The summed E-state index contributed by atoms with van der Waals surface area (Å²) >= 11 is 0. The normalized spacial score (nSPS) is 19.9. The van der Waals surface area contributed by atoms with Crippen molar-refractivity contribution >= 4 is 29.9 Å². The molecule has 1 rings (SSSR count). The van der Waals surface area contributed by atoms with Crippen molar-refractivity contribution in [3.8, 4) is 0 Å². The molecule has 6 heteroatoms. The molecule has 0 aromatic carbocycles. The molecular formula is C11H24IN3O2. The number of aliphatic imine (C=N–C) groups is 1. The first-order chi connectivity index (χ1) is 7.31. The van der Waals surface area contributed by atoms with Crippen LogP contribution in [0.5, 0.6) is 0 Å². The predicted octanol–water partition coefficient (Wildman–Crippen LogP) is 1.46. The van der Waals surface area contributed by atoms with Crippen LogP contribution >= 0.6 is 24.0 Å². The van der Waals surface area contributed by atoms with Crippen LogP contribution in [0, 0.1) is 0 Å². The zero-order valence-corrected chi connectivity index (χ0v) is 13.4. The summed E-state index contributed by atoms with van der Waals surface area (Å²) in [5.41, 5.74) is 5.69. The molecule has 1 saturated heterocycles. The molecule has 1 fully saturated rings. The highest BCUT2D eigenvalue weighted by Gasteiger charge is 2.30. The van der Waals surface area contributed by atoms with Crippen LogP contribution < -0.4 is 11.1 Å². The van der Waals surface area contributed by atoms with E-state index in [9.17, 15) is 0 Å². The van der Waals surface area contributed by atoms with Crippen molar-refractivity contribution in [2.75, 3.05) is 19.8 Å². The molecule has 5 nitrogen and oxygen atoms in total. The van der Waals surface area contributed by atoms with Gasteiger partial charge in [0, 0.05) is 18.5 Å². The number of rotatable bonds is 3. The lowest BCUT2D eigenvalue weighted by atomic mass is 10.1. The third kappa shape index (κ3) is 7.05. The topological polar surface area (TPSA) is 68.9 Å². The summed E-state index contributed by atoms with van der Waals surface area (Å²) in [5.74, 6) is -0.0139. The van der Waals surface area contributed by atoms with Gasteiger partial charge in [0.15, 0.2) is 11.7 Å². The summed E-state index contributed by atoms with van der Waals surface area (Å²) < 4.78 is 10.9. The molecule has 1 aliphatic rings. The molecule has 0 spiro atoms. The summed E-state index contributed by atoms with van der Waals surface area (Å²) in [4.78, 5) is 4.24. The monoisotopic (exact) mass is 357 g/mol. The molecular weight excluding hydrogens is 333 g/mol. The number of hydrogen-bond acceptors (Lipinski definition) is 3. The van der Waals surface area contributed by atoms with Gasteiger partial charge in [0.05, 0.1) is 13.2 Å². The lowest BCUT2D eigenvalue weighted by Gasteiger charge is -2.22. The summed E-state index contributed by atoms with van der Waals surface area (Å²) in [7, 11) is 0. The maximum absolute atomic E-state index is 5.74. The molecule has 17 heavy (non-hydrogen) atoms. The van der Waals surface area contributed by atoms with E-state index in [1.54, 1.807) is 0 Å². The third-order valence-corrected chi connectivity index (χ3v) is 2.25. The molecule has 102 valence electrons. The van der Waals surface area contributed by atoms with Gasteiger partial charge in [-0.1, -0.05) is 0 Å². The maximum Gasteiger partial charge on any atom is 0.188 e. The Hall–Kier alpha value is -0.0800. The zero-order chi connectivity index (χ0) is 12.2. The lowest BCUT2D eigenvalue weighted by molar-refractivity contribution is -0.144. The highest BCUT2D eigenvalue weighted by atomic mass is 127. The second-order valence-electron chi connectivity index (χ2n) is 5.22. The van der Waals surface area contributed by atoms with E-state index in [-0.39, 0.29) is 29.5 Å². The Kier molecular flexibility index (Phi) is 6.71. The standard InChI is InChI=1S/C11H23N3O2.HI/c1-10(2,3)14-9(12)13-6-5-11(4)15-7-8-16-11;/h5-8H2,1-4H3,(H3,12,13,14);1H. The fourth-order valence-electron chi connectivity index (χ4n) is 1.50. The molecule has 0 amide bonds. The minimum Gasteiger partial charge on any atom is -0.370 e. The van der Waals surface area contributed by atoms with Crippen LogP contribution in [-0.2, 0) is 9.47 Å². The molecule has 3 N–H and O–H groups in total. The molecule has 0 aliphatic carbocycles. The molecule has 0 aromatic heterocycles. The van der Waals surface area contributed by atoms with Gasteiger partial charge in [-0.2, -0.15) is 0 Å². The van der Waals surface area contributed by atoms with E-state index in [0.717, 1.165) is 6.42 Å². The van der Waals surface area contributed by atoms with Crippen LogP contribution in [-0.4, -0.2) is 37.0 Å². The van der Waals surface area contributed by atoms with Gasteiger partial charge in [0.25, 0.3) is 0 Å².